The van der Waals surface area contributed by atoms with E-state index < -0.39 is 22.9 Å². The Bertz CT molecular complexity index is 1030. The minimum absolute atomic E-state index is 0.0404. The minimum Gasteiger partial charge on any atom is -0.452 e. The number of nitro benzene ring substituents is 1. The van der Waals surface area contributed by atoms with Crippen LogP contribution in [0, 0.1) is 10.1 Å². The van der Waals surface area contributed by atoms with Gasteiger partial charge in [0.05, 0.1) is 23.2 Å². The molecule has 148 valence electrons. The molecule has 0 radical (unpaired) electrons. The number of esters is 1. The molecule has 9 heteroatoms. The first kappa shape index (κ1) is 19.7. The van der Waals surface area contributed by atoms with Gasteiger partial charge in [-0.05, 0) is 25.1 Å². The molecule has 3 aromatic rings. The van der Waals surface area contributed by atoms with E-state index in [1.807, 2.05) is 30.3 Å². The van der Waals surface area contributed by atoms with Gasteiger partial charge in [0.2, 0.25) is 0 Å². The van der Waals surface area contributed by atoms with Crippen LogP contribution in [0.1, 0.15) is 12.5 Å². The van der Waals surface area contributed by atoms with Crippen LogP contribution in [-0.2, 0) is 20.7 Å². The molecule has 29 heavy (non-hydrogen) atoms. The fourth-order valence-corrected chi connectivity index (χ4v) is 2.57. The molecule has 1 aromatic heterocycles. The van der Waals surface area contributed by atoms with E-state index in [1.165, 1.54) is 31.2 Å². The van der Waals surface area contributed by atoms with Gasteiger partial charge in [-0.15, -0.1) is 0 Å². The lowest BCUT2D eigenvalue weighted by Crippen LogP contribution is -2.30. The Morgan fingerprint density at radius 1 is 1.21 bits per heavy atom. The highest BCUT2D eigenvalue weighted by Crippen LogP contribution is 2.17. The van der Waals surface area contributed by atoms with Gasteiger partial charge in [0.1, 0.15) is 0 Å². The van der Waals surface area contributed by atoms with Crippen LogP contribution in [0.4, 0.5) is 11.4 Å². The van der Waals surface area contributed by atoms with Crippen molar-refractivity contribution in [1.82, 2.24) is 9.78 Å². The Balaban J connectivity index is 1.55. The summed E-state index contributed by atoms with van der Waals surface area (Å²) in [7, 11) is 0. The smallest absolute Gasteiger partial charge is 0.311 e. The van der Waals surface area contributed by atoms with Crippen LogP contribution in [0.3, 0.4) is 0 Å². The number of carbonyl (C=O) groups is 2. The van der Waals surface area contributed by atoms with Crippen molar-refractivity contribution >= 4 is 23.3 Å². The number of benzene rings is 2. The Morgan fingerprint density at radius 2 is 1.97 bits per heavy atom. The minimum atomic E-state index is -1.06. The summed E-state index contributed by atoms with van der Waals surface area (Å²) in [5.74, 6) is -1.17. The molecule has 0 aliphatic rings. The first-order valence-electron chi connectivity index (χ1n) is 8.76. The molecule has 0 aliphatic carbocycles. The fourth-order valence-electron chi connectivity index (χ4n) is 2.57. The van der Waals surface area contributed by atoms with Gasteiger partial charge in [0, 0.05) is 29.6 Å². The van der Waals surface area contributed by atoms with E-state index in [1.54, 1.807) is 17.1 Å². The second-order valence-electron chi connectivity index (χ2n) is 6.23. The van der Waals surface area contributed by atoms with Gasteiger partial charge >= 0.3 is 5.97 Å². The number of non-ortho nitro benzene ring substituents is 1. The SMILES string of the molecule is CC(OC(=O)Cc1cnn(-c2ccccc2)c1)C(=O)Nc1cccc([N+](=O)[O-])c1. The van der Waals surface area contributed by atoms with E-state index in [9.17, 15) is 19.7 Å². The third-order valence-electron chi connectivity index (χ3n) is 4.01. The lowest BCUT2D eigenvalue weighted by molar-refractivity contribution is -0.384. The van der Waals surface area contributed by atoms with Crippen molar-refractivity contribution in [1.29, 1.82) is 0 Å². The van der Waals surface area contributed by atoms with Gasteiger partial charge in [-0.1, -0.05) is 24.3 Å². The normalized spacial score (nSPS) is 11.5. The first-order valence-corrected chi connectivity index (χ1v) is 8.76. The first-order chi connectivity index (χ1) is 13.9. The lowest BCUT2D eigenvalue weighted by atomic mass is 10.2. The zero-order chi connectivity index (χ0) is 20.8. The molecule has 0 bridgehead atoms. The van der Waals surface area contributed by atoms with E-state index in [2.05, 4.69) is 10.4 Å². The van der Waals surface area contributed by atoms with Gasteiger partial charge < -0.3 is 10.1 Å². The van der Waals surface area contributed by atoms with Crippen LogP contribution in [0.15, 0.2) is 67.0 Å². The number of anilines is 1. The standard InChI is InChI=1S/C20H18N4O5/c1-14(20(26)22-16-6-5-9-18(11-16)24(27)28)29-19(25)10-15-12-21-23(13-15)17-7-3-2-4-8-17/h2-9,11-14H,10H2,1H3,(H,22,26). The third-order valence-corrected chi connectivity index (χ3v) is 4.01. The van der Waals surface area contributed by atoms with Gasteiger partial charge in [-0.2, -0.15) is 5.10 Å². The zero-order valence-electron chi connectivity index (χ0n) is 15.5. The summed E-state index contributed by atoms with van der Waals surface area (Å²) in [5, 5.41) is 17.5. The summed E-state index contributed by atoms with van der Waals surface area (Å²) in [6.07, 6.45) is 2.17. The van der Waals surface area contributed by atoms with Crippen LogP contribution in [-0.4, -0.2) is 32.7 Å². The summed E-state index contributed by atoms with van der Waals surface area (Å²) in [6.45, 7) is 1.43. The molecule has 0 spiro atoms. The second kappa shape index (κ2) is 8.79. The highest BCUT2D eigenvalue weighted by molar-refractivity contribution is 5.95. The van der Waals surface area contributed by atoms with Crippen molar-refractivity contribution in [3.05, 3.63) is 82.7 Å². The van der Waals surface area contributed by atoms with Crippen molar-refractivity contribution in [3.8, 4) is 5.69 Å². The highest BCUT2D eigenvalue weighted by atomic mass is 16.6. The molecule has 0 aliphatic heterocycles. The number of nitrogens with one attached hydrogen (secondary N) is 1. The maximum absolute atomic E-state index is 12.2. The summed E-state index contributed by atoms with van der Waals surface area (Å²) >= 11 is 0. The van der Waals surface area contributed by atoms with E-state index in [4.69, 9.17) is 4.74 Å². The van der Waals surface area contributed by atoms with Gasteiger partial charge in [0.15, 0.2) is 6.10 Å². The van der Waals surface area contributed by atoms with Gasteiger partial charge in [0.25, 0.3) is 11.6 Å². The topological polar surface area (TPSA) is 116 Å². The number of nitrogens with zero attached hydrogens (tertiary/aromatic N) is 3. The number of hydrogen-bond donors (Lipinski definition) is 1. The second-order valence-corrected chi connectivity index (χ2v) is 6.23. The Labute approximate surface area is 166 Å². The maximum Gasteiger partial charge on any atom is 0.311 e. The maximum atomic E-state index is 12.2. The molecule has 1 heterocycles. The molecule has 2 aromatic carbocycles. The molecule has 0 fully saturated rings. The number of rotatable bonds is 7. The van der Waals surface area contributed by atoms with Crippen molar-refractivity contribution < 1.29 is 19.2 Å². The number of carbonyl (C=O) groups excluding carboxylic acids is 2. The summed E-state index contributed by atoms with van der Waals surface area (Å²) in [5.41, 5.74) is 1.60. The molecule has 3 rings (SSSR count). The van der Waals surface area contributed by atoms with Crippen LogP contribution in [0.5, 0.6) is 0 Å². The average Bonchev–Trinajstić information content (AvgIpc) is 3.17. The van der Waals surface area contributed by atoms with Crippen molar-refractivity contribution in [2.75, 3.05) is 5.32 Å². The number of hydrogen-bond acceptors (Lipinski definition) is 6. The zero-order valence-corrected chi connectivity index (χ0v) is 15.5. The Kier molecular flexibility index (Phi) is 5.98. The molecule has 1 N–H and O–H groups in total. The summed E-state index contributed by atoms with van der Waals surface area (Å²) in [6, 6.07) is 14.9. The van der Waals surface area contributed by atoms with Crippen LogP contribution in [0.2, 0.25) is 0 Å². The molecular weight excluding hydrogens is 376 g/mol. The van der Waals surface area contributed by atoms with Crippen LogP contribution >= 0.6 is 0 Å². The third kappa shape index (κ3) is 5.25. The van der Waals surface area contributed by atoms with E-state index in [0.717, 1.165) is 5.69 Å². The monoisotopic (exact) mass is 394 g/mol. The van der Waals surface area contributed by atoms with Gasteiger partial charge in [-0.25, -0.2) is 4.68 Å². The predicted molar refractivity (Wildman–Crippen MR) is 105 cm³/mol. The van der Waals surface area contributed by atoms with Crippen molar-refractivity contribution in [2.45, 2.75) is 19.4 Å². The van der Waals surface area contributed by atoms with Crippen LogP contribution < -0.4 is 5.32 Å². The molecule has 0 saturated heterocycles. The summed E-state index contributed by atoms with van der Waals surface area (Å²) in [4.78, 5) is 34.6. The van der Waals surface area contributed by atoms with E-state index in [0.29, 0.717) is 5.56 Å². The number of ether oxygens (including phenoxy) is 1. The molecule has 1 amide bonds. The number of para-hydroxylation sites is 1. The molecule has 1 atom stereocenters. The number of nitro groups is 1. The molecule has 0 saturated carbocycles. The largest absolute Gasteiger partial charge is 0.452 e. The lowest BCUT2D eigenvalue weighted by Gasteiger charge is -2.13. The Hall–Kier alpha value is -4.01. The van der Waals surface area contributed by atoms with E-state index in [-0.39, 0.29) is 17.8 Å². The molecular formula is C20H18N4O5. The van der Waals surface area contributed by atoms with Crippen molar-refractivity contribution in [3.63, 3.8) is 0 Å². The summed E-state index contributed by atoms with van der Waals surface area (Å²) < 4.78 is 6.80. The molecule has 9 nitrogen and oxygen atoms in total. The van der Waals surface area contributed by atoms with E-state index >= 15 is 0 Å². The average molecular weight is 394 g/mol. The van der Waals surface area contributed by atoms with Crippen molar-refractivity contribution in [2.24, 2.45) is 0 Å². The molecule has 1 unspecified atom stereocenters. The number of amides is 1. The quantitative estimate of drug-likeness (QED) is 0.374. The fraction of sp³-hybridized carbons (Fsp3) is 0.150. The predicted octanol–water partition coefficient (Wildman–Crippen LogP) is 2.89. The number of aromatic nitrogens is 2. The Morgan fingerprint density at radius 3 is 2.69 bits per heavy atom. The van der Waals surface area contributed by atoms with Crippen LogP contribution in [0.25, 0.3) is 5.69 Å². The van der Waals surface area contributed by atoms with Gasteiger partial charge in [-0.3, -0.25) is 19.7 Å². The highest BCUT2D eigenvalue weighted by Gasteiger charge is 2.19.